The van der Waals surface area contributed by atoms with Gasteiger partial charge in [0.2, 0.25) is 0 Å². The summed E-state index contributed by atoms with van der Waals surface area (Å²) in [7, 11) is -3.44. The molecule has 0 aromatic heterocycles. The Bertz CT molecular complexity index is 634. The highest BCUT2D eigenvalue weighted by molar-refractivity contribution is 7.90. The summed E-state index contributed by atoms with van der Waals surface area (Å²) < 4.78 is 37.0. The Kier molecular flexibility index (Phi) is 2.98. The van der Waals surface area contributed by atoms with Crippen LogP contribution in [0.3, 0.4) is 0 Å². The summed E-state index contributed by atoms with van der Waals surface area (Å²) in [6.07, 6.45) is 1.08. The molecule has 0 atom stereocenters. The van der Waals surface area contributed by atoms with Gasteiger partial charge in [-0.05, 0) is 17.7 Å². The fourth-order valence-corrected chi connectivity index (χ4v) is 2.61. The van der Waals surface area contributed by atoms with Crippen LogP contribution in [0, 0.1) is 5.82 Å². The van der Waals surface area contributed by atoms with Gasteiger partial charge in [0.25, 0.3) is 0 Å². The summed E-state index contributed by atoms with van der Waals surface area (Å²) in [6.45, 7) is 0. The first-order chi connectivity index (χ1) is 8.00. The van der Waals surface area contributed by atoms with Gasteiger partial charge in [0.15, 0.2) is 9.84 Å². The predicted molar refractivity (Wildman–Crippen MR) is 64.9 cm³/mol. The minimum Gasteiger partial charge on any atom is -0.224 e. The molecule has 0 aliphatic heterocycles. The molecule has 0 aliphatic rings. The predicted octanol–water partition coefficient (Wildman–Crippen LogP) is 2.90. The van der Waals surface area contributed by atoms with Crippen molar-refractivity contribution in [3.63, 3.8) is 0 Å². The monoisotopic (exact) mass is 250 g/mol. The van der Waals surface area contributed by atoms with Gasteiger partial charge in [-0.15, -0.1) is 0 Å². The molecule has 0 amide bonds. The number of rotatable bonds is 2. The number of hydrogen-bond acceptors (Lipinski definition) is 2. The maximum atomic E-state index is 13.8. The van der Waals surface area contributed by atoms with Crippen molar-refractivity contribution in [3.8, 4) is 11.1 Å². The Hall–Kier alpha value is -1.68. The van der Waals surface area contributed by atoms with Crippen LogP contribution in [0.15, 0.2) is 53.4 Å². The Morgan fingerprint density at radius 1 is 0.941 bits per heavy atom. The maximum Gasteiger partial charge on any atom is 0.176 e. The van der Waals surface area contributed by atoms with Crippen LogP contribution in [-0.2, 0) is 9.84 Å². The third-order valence-corrected chi connectivity index (χ3v) is 3.58. The molecule has 0 radical (unpaired) electrons. The average molecular weight is 250 g/mol. The second-order valence-corrected chi connectivity index (χ2v) is 5.74. The highest BCUT2D eigenvalue weighted by Gasteiger charge is 2.17. The summed E-state index contributed by atoms with van der Waals surface area (Å²) in [6, 6.07) is 12.7. The van der Waals surface area contributed by atoms with E-state index >= 15 is 0 Å². The van der Waals surface area contributed by atoms with Gasteiger partial charge in [-0.25, -0.2) is 12.8 Å². The summed E-state index contributed by atoms with van der Waals surface area (Å²) in [5.74, 6) is -0.529. The second kappa shape index (κ2) is 4.30. The summed E-state index contributed by atoms with van der Waals surface area (Å²) in [4.78, 5) is 0.0173. The van der Waals surface area contributed by atoms with Crippen molar-refractivity contribution in [2.24, 2.45) is 0 Å². The second-order valence-electron chi connectivity index (χ2n) is 3.75. The van der Waals surface area contributed by atoms with E-state index in [0.29, 0.717) is 5.56 Å². The van der Waals surface area contributed by atoms with E-state index in [9.17, 15) is 12.8 Å². The van der Waals surface area contributed by atoms with Gasteiger partial charge in [0.05, 0.1) is 4.90 Å². The lowest BCUT2D eigenvalue weighted by molar-refractivity contribution is 0.597. The number of halogens is 1. The van der Waals surface area contributed by atoms with Gasteiger partial charge in [0.1, 0.15) is 5.82 Å². The molecule has 0 spiro atoms. The Labute approximate surface area is 99.6 Å². The van der Waals surface area contributed by atoms with Crippen molar-refractivity contribution in [1.82, 2.24) is 0 Å². The molecular formula is C13H11FO2S. The quantitative estimate of drug-likeness (QED) is 0.821. The third kappa shape index (κ3) is 2.36. The Morgan fingerprint density at radius 2 is 1.59 bits per heavy atom. The van der Waals surface area contributed by atoms with Crippen LogP contribution < -0.4 is 0 Å². The smallest absolute Gasteiger partial charge is 0.176 e. The molecule has 2 rings (SSSR count). The van der Waals surface area contributed by atoms with Crippen LogP contribution in [0.25, 0.3) is 11.1 Å². The van der Waals surface area contributed by atoms with Gasteiger partial charge < -0.3 is 0 Å². The molecule has 4 heteroatoms. The zero-order valence-electron chi connectivity index (χ0n) is 9.22. The van der Waals surface area contributed by atoms with E-state index in [-0.39, 0.29) is 10.5 Å². The van der Waals surface area contributed by atoms with E-state index in [1.165, 1.54) is 18.2 Å². The molecule has 2 nitrogen and oxygen atoms in total. The van der Waals surface area contributed by atoms with Crippen LogP contribution in [0.4, 0.5) is 4.39 Å². The SMILES string of the molecule is CS(=O)(=O)c1cccc(F)c1-c1ccccc1. The molecule has 0 saturated heterocycles. The largest absolute Gasteiger partial charge is 0.224 e. The van der Waals surface area contributed by atoms with E-state index in [0.717, 1.165) is 6.26 Å². The minimum atomic E-state index is -3.44. The zero-order chi connectivity index (χ0) is 12.5. The van der Waals surface area contributed by atoms with Gasteiger partial charge in [-0.3, -0.25) is 0 Å². The van der Waals surface area contributed by atoms with Crippen molar-refractivity contribution in [2.45, 2.75) is 4.90 Å². The van der Waals surface area contributed by atoms with Gasteiger partial charge in [0, 0.05) is 11.8 Å². The van der Waals surface area contributed by atoms with Gasteiger partial charge >= 0.3 is 0 Å². The Balaban J connectivity index is 2.78. The van der Waals surface area contributed by atoms with Crippen LogP contribution >= 0.6 is 0 Å². The summed E-state index contributed by atoms with van der Waals surface area (Å²) >= 11 is 0. The lowest BCUT2D eigenvalue weighted by Gasteiger charge is -2.09. The molecule has 17 heavy (non-hydrogen) atoms. The first kappa shape index (κ1) is 11.8. The van der Waals surface area contributed by atoms with Crippen molar-refractivity contribution in [3.05, 3.63) is 54.3 Å². The average Bonchev–Trinajstić information content (AvgIpc) is 2.28. The third-order valence-electron chi connectivity index (χ3n) is 2.44. The summed E-state index contributed by atoms with van der Waals surface area (Å²) in [5.41, 5.74) is 0.696. The van der Waals surface area contributed by atoms with Crippen molar-refractivity contribution >= 4 is 9.84 Å². The zero-order valence-corrected chi connectivity index (χ0v) is 10.0. The van der Waals surface area contributed by atoms with E-state index in [1.54, 1.807) is 30.3 Å². The summed E-state index contributed by atoms with van der Waals surface area (Å²) in [5, 5.41) is 0. The highest BCUT2D eigenvalue weighted by Crippen LogP contribution is 2.29. The molecule has 0 saturated carbocycles. The molecule has 88 valence electrons. The van der Waals surface area contributed by atoms with Crippen LogP contribution in [-0.4, -0.2) is 14.7 Å². The standard InChI is InChI=1S/C13H11FO2S/c1-17(15,16)12-9-5-8-11(14)13(12)10-6-3-2-4-7-10/h2-9H,1H3. The lowest BCUT2D eigenvalue weighted by Crippen LogP contribution is -2.01. The Morgan fingerprint density at radius 3 is 2.18 bits per heavy atom. The normalized spacial score (nSPS) is 11.4. The fraction of sp³-hybridized carbons (Fsp3) is 0.0769. The first-order valence-electron chi connectivity index (χ1n) is 5.04. The van der Waals surface area contributed by atoms with E-state index in [2.05, 4.69) is 0 Å². The van der Waals surface area contributed by atoms with Crippen molar-refractivity contribution < 1.29 is 12.8 Å². The molecule has 2 aromatic rings. The van der Waals surface area contributed by atoms with Crippen LogP contribution in [0.2, 0.25) is 0 Å². The fourth-order valence-electron chi connectivity index (χ4n) is 1.70. The molecule has 0 fully saturated rings. The minimum absolute atomic E-state index is 0.0173. The first-order valence-corrected chi connectivity index (χ1v) is 6.93. The van der Waals surface area contributed by atoms with E-state index in [4.69, 9.17) is 0 Å². The lowest BCUT2D eigenvalue weighted by atomic mass is 10.1. The molecule has 0 unspecified atom stereocenters. The molecule has 2 aromatic carbocycles. The molecule has 0 bridgehead atoms. The van der Waals surface area contributed by atoms with E-state index < -0.39 is 15.7 Å². The van der Waals surface area contributed by atoms with Crippen molar-refractivity contribution in [2.75, 3.05) is 6.26 Å². The maximum absolute atomic E-state index is 13.8. The van der Waals surface area contributed by atoms with E-state index in [1.807, 2.05) is 0 Å². The van der Waals surface area contributed by atoms with Crippen LogP contribution in [0.1, 0.15) is 0 Å². The molecule has 0 N–H and O–H groups in total. The number of benzene rings is 2. The topological polar surface area (TPSA) is 34.1 Å². The molecular weight excluding hydrogens is 239 g/mol. The van der Waals surface area contributed by atoms with Gasteiger partial charge in [-0.1, -0.05) is 36.4 Å². The highest BCUT2D eigenvalue weighted by atomic mass is 32.2. The molecule has 0 aliphatic carbocycles. The number of sulfone groups is 1. The van der Waals surface area contributed by atoms with Crippen LogP contribution in [0.5, 0.6) is 0 Å². The molecule has 0 heterocycles. The van der Waals surface area contributed by atoms with Gasteiger partial charge in [-0.2, -0.15) is 0 Å². The number of hydrogen-bond donors (Lipinski definition) is 0. The van der Waals surface area contributed by atoms with Crippen molar-refractivity contribution in [1.29, 1.82) is 0 Å².